The van der Waals surface area contributed by atoms with Gasteiger partial charge in [0, 0.05) is 25.9 Å². The van der Waals surface area contributed by atoms with Crippen molar-refractivity contribution in [3.63, 3.8) is 0 Å². The van der Waals surface area contributed by atoms with E-state index < -0.39 is 17.9 Å². The molecule has 0 saturated carbocycles. The molecule has 28 heavy (non-hydrogen) atoms. The van der Waals surface area contributed by atoms with Crippen LogP contribution in [0, 0.1) is 11.8 Å². The summed E-state index contributed by atoms with van der Waals surface area (Å²) in [6.45, 7) is 10.0. The summed E-state index contributed by atoms with van der Waals surface area (Å²) in [5, 5.41) is 3.28. The van der Waals surface area contributed by atoms with Crippen LogP contribution >= 0.6 is 0 Å². The molecule has 5 N–H and O–H groups in total. The number of nitrogens with zero attached hydrogens (tertiary/aromatic N) is 1. The molecule has 162 valence electrons. The first-order valence-corrected chi connectivity index (χ1v) is 10.6. The summed E-state index contributed by atoms with van der Waals surface area (Å²) in [5.41, 5.74) is 12.3. The molecular weight excluding hydrogens is 360 g/mol. The van der Waals surface area contributed by atoms with E-state index in [1.165, 1.54) is 4.90 Å². The van der Waals surface area contributed by atoms with E-state index in [-0.39, 0.29) is 36.3 Å². The zero-order valence-corrected chi connectivity index (χ0v) is 17.8. The van der Waals surface area contributed by atoms with Crippen LogP contribution in [0.1, 0.15) is 53.4 Å². The summed E-state index contributed by atoms with van der Waals surface area (Å²) in [6.07, 6.45) is 2.42. The number of hydrogen-bond acceptors (Lipinski definition) is 7. The molecule has 2 saturated heterocycles. The molecule has 2 rings (SSSR count). The van der Waals surface area contributed by atoms with Gasteiger partial charge in [0.2, 0.25) is 11.8 Å². The second kappa shape index (κ2) is 10.1. The van der Waals surface area contributed by atoms with Gasteiger partial charge in [0.1, 0.15) is 6.10 Å². The molecule has 1 unspecified atom stereocenters. The first-order chi connectivity index (χ1) is 13.2. The summed E-state index contributed by atoms with van der Waals surface area (Å²) in [7, 11) is 0. The van der Waals surface area contributed by atoms with Gasteiger partial charge in [-0.1, -0.05) is 34.1 Å². The minimum Gasteiger partial charge on any atom is -0.347 e. The Balaban J connectivity index is 2.11. The molecule has 8 heteroatoms. The number of carbonyl (C=O) groups is 2. The van der Waals surface area contributed by atoms with Gasteiger partial charge in [0.15, 0.2) is 5.79 Å². The largest absolute Gasteiger partial charge is 0.347 e. The number of carbonyl (C=O) groups excluding carboxylic acids is 2. The molecule has 2 heterocycles. The van der Waals surface area contributed by atoms with Crippen molar-refractivity contribution >= 4 is 11.8 Å². The quantitative estimate of drug-likeness (QED) is 0.547. The predicted octanol–water partition coefficient (Wildman–Crippen LogP) is 0.584. The van der Waals surface area contributed by atoms with Gasteiger partial charge >= 0.3 is 0 Å². The molecule has 2 amide bonds. The number of piperidine rings is 1. The Labute approximate surface area is 168 Å². The molecule has 0 aromatic rings. The fraction of sp³-hybridized carbons (Fsp3) is 0.900. The molecule has 8 nitrogen and oxygen atoms in total. The lowest BCUT2D eigenvalue weighted by Gasteiger charge is -2.33. The maximum atomic E-state index is 13.0. The van der Waals surface area contributed by atoms with Gasteiger partial charge in [-0.25, -0.2) is 0 Å². The number of nitrogens with two attached hydrogens (primary N) is 2. The van der Waals surface area contributed by atoms with E-state index in [4.69, 9.17) is 20.9 Å². The molecule has 2 aliphatic rings. The van der Waals surface area contributed by atoms with E-state index in [9.17, 15) is 9.59 Å². The number of amides is 2. The molecule has 0 radical (unpaired) electrons. The van der Waals surface area contributed by atoms with Crippen molar-refractivity contribution in [3.8, 4) is 0 Å². The lowest BCUT2D eigenvalue weighted by Crippen LogP contribution is -2.56. The molecule has 1 spiro atoms. The van der Waals surface area contributed by atoms with Gasteiger partial charge in [-0.05, 0) is 18.3 Å². The highest BCUT2D eigenvalue weighted by molar-refractivity contribution is 6.00. The van der Waals surface area contributed by atoms with Gasteiger partial charge in [0.25, 0.3) is 0 Å². The fourth-order valence-electron chi connectivity index (χ4n) is 3.75. The average molecular weight is 399 g/mol. The smallest absolute Gasteiger partial charge is 0.246 e. The van der Waals surface area contributed by atoms with E-state index in [1.807, 2.05) is 27.7 Å². The number of nitrogens with one attached hydrogen (secondary N) is 1. The van der Waals surface area contributed by atoms with Gasteiger partial charge < -0.3 is 26.3 Å². The average Bonchev–Trinajstić information content (AvgIpc) is 3.05. The number of rotatable bonds is 8. The van der Waals surface area contributed by atoms with Crippen LogP contribution in [0.4, 0.5) is 0 Å². The zero-order chi connectivity index (χ0) is 20.9. The Morgan fingerprint density at radius 2 is 1.82 bits per heavy atom. The number of imide groups is 1. The Morgan fingerprint density at radius 3 is 2.39 bits per heavy atom. The van der Waals surface area contributed by atoms with Crippen LogP contribution in [0.15, 0.2) is 0 Å². The van der Waals surface area contributed by atoms with E-state index in [0.717, 1.165) is 32.4 Å². The second-order valence-electron chi connectivity index (χ2n) is 8.65. The van der Waals surface area contributed by atoms with Crippen LogP contribution in [0.2, 0.25) is 0 Å². The van der Waals surface area contributed by atoms with Gasteiger partial charge in [-0.15, -0.1) is 0 Å². The summed E-state index contributed by atoms with van der Waals surface area (Å²) >= 11 is 0. The van der Waals surface area contributed by atoms with Gasteiger partial charge in [-0.3, -0.25) is 14.5 Å². The van der Waals surface area contributed by atoms with Crippen LogP contribution < -0.4 is 16.8 Å². The molecule has 2 fully saturated rings. The molecule has 2 aliphatic heterocycles. The molecule has 0 aromatic carbocycles. The van der Waals surface area contributed by atoms with E-state index in [0.29, 0.717) is 13.0 Å². The fourth-order valence-corrected chi connectivity index (χ4v) is 3.75. The summed E-state index contributed by atoms with van der Waals surface area (Å²) < 4.78 is 12.1. The first-order valence-electron chi connectivity index (χ1n) is 10.6. The third-order valence-electron chi connectivity index (χ3n) is 5.78. The van der Waals surface area contributed by atoms with Crippen LogP contribution in [0.25, 0.3) is 0 Å². The highest BCUT2D eigenvalue weighted by Crippen LogP contribution is 2.32. The molecular formula is C20H38N4O4. The van der Waals surface area contributed by atoms with E-state index in [1.54, 1.807) is 0 Å². The highest BCUT2D eigenvalue weighted by Gasteiger charge is 2.44. The lowest BCUT2D eigenvalue weighted by molar-refractivity contribution is -0.186. The third kappa shape index (κ3) is 5.73. The Hall–Kier alpha value is -1.06. The van der Waals surface area contributed by atoms with Crippen LogP contribution in [0.3, 0.4) is 0 Å². The van der Waals surface area contributed by atoms with Crippen molar-refractivity contribution in [2.75, 3.05) is 26.2 Å². The monoisotopic (exact) mass is 398 g/mol. The SMILES string of the molecule is CC[C@H](C)[C@H](N)C(=O)N(CC1COC2(CCNCC2)O1)C(=O)[C@@H](N)CC(C)C. The van der Waals surface area contributed by atoms with Crippen molar-refractivity contribution in [2.45, 2.75) is 77.4 Å². The minimum absolute atomic E-state index is 0.0272. The summed E-state index contributed by atoms with van der Waals surface area (Å²) in [5.74, 6) is -1.14. The summed E-state index contributed by atoms with van der Waals surface area (Å²) in [4.78, 5) is 27.3. The maximum absolute atomic E-state index is 13.0. The van der Waals surface area contributed by atoms with Crippen LogP contribution in [-0.4, -0.2) is 66.9 Å². The van der Waals surface area contributed by atoms with Crippen LogP contribution in [-0.2, 0) is 19.1 Å². The molecule has 0 aliphatic carbocycles. The zero-order valence-electron chi connectivity index (χ0n) is 17.8. The van der Waals surface area contributed by atoms with Crippen LogP contribution in [0.5, 0.6) is 0 Å². The normalized spacial score (nSPS) is 24.9. The number of ether oxygens (including phenoxy) is 2. The van der Waals surface area contributed by atoms with E-state index >= 15 is 0 Å². The van der Waals surface area contributed by atoms with Crippen molar-refractivity contribution in [2.24, 2.45) is 23.3 Å². The highest BCUT2D eigenvalue weighted by atomic mass is 16.7. The van der Waals surface area contributed by atoms with Gasteiger partial charge in [-0.2, -0.15) is 0 Å². The van der Waals surface area contributed by atoms with Crippen molar-refractivity contribution in [1.82, 2.24) is 10.2 Å². The van der Waals surface area contributed by atoms with Gasteiger partial charge in [0.05, 0.1) is 25.2 Å². The molecule has 0 bridgehead atoms. The predicted molar refractivity (Wildman–Crippen MR) is 107 cm³/mol. The molecule has 4 atom stereocenters. The third-order valence-corrected chi connectivity index (χ3v) is 5.78. The minimum atomic E-state index is -0.740. The first kappa shape index (κ1) is 23.2. The second-order valence-corrected chi connectivity index (χ2v) is 8.65. The Kier molecular flexibility index (Phi) is 8.39. The summed E-state index contributed by atoms with van der Waals surface area (Å²) in [6, 6.07) is -1.47. The Morgan fingerprint density at radius 1 is 1.18 bits per heavy atom. The topological polar surface area (TPSA) is 120 Å². The Bertz CT molecular complexity index is 536. The van der Waals surface area contributed by atoms with E-state index in [2.05, 4.69) is 5.32 Å². The van der Waals surface area contributed by atoms with Crippen molar-refractivity contribution < 1.29 is 19.1 Å². The maximum Gasteiger partial charge on any atom is 0.246 e. The van der Waals surface area contributed by atoms with Crippen molar-refractivity contribution in [3.05, 3.63) is 0 Å². The molecule has 0 aromatic heterocycles. The standard InChI is InChI=1S/C20H38N4O4/c1-5-14(4)17(22)19(26)24(18(25)16(21)10-13(2)3)11-15-12-27-20(28-15)6-8-23-9-7-20/h13-17,23H,5-12,21-22H2,1-4H3/t14-,15?,16-,17-/m0/s1. The van der Waals surface area contributed by atoms with Crippen molar-refractivity contribution in [1.29, 1.82) is 0 Å². The lowest BCUT2D eigenvalue weighted by atomic mass is 9.97. The number of hydrogen-bond donors (Lipinski definition) is 3.